The van der Waals surface area contributed by atoms with E-state index in [-0.39, 0.29) is 11.8 Å². The van der Waals surface area contributed by atoms with Gasteiger partial charge in [-0.1, -0.05) is 78.9 Å². The molecule has 5 rings (SSSR count). The SMILES string of the molecule is O=C(c1cccc(C(=O)N(Nc2ccccc2)c2ccccc2)c1)N(Nc1ccccc1)c1ccccc1. The van der Waals surface area contributed by atoms with Crippen molar-refractivity contribution in [3.8, 4) is 0 Å². The van der Waals surface area contributed by atoms with E-state index >= 15 is 0 Å². The number of rotatable bonds is 8. The molecule has 2 amide bonds. The third kappa shape index (κ3) is 5.71. The van der Waals surface area contributed by atoms with Gasteiger partial charge in [0.1, 0.15) is 0 Å². The summed E-state index contributed by atoms with van der Waals surface area (Å²) in [6.45, 7) is 0. The van der Waals surface area contributed by atoms with E-state index in [1.54, 1.807) is 24.3 Å². The van der Waals surface area contributed by atoms with Gasteiger partial charge in [-0.05, 0) is 66.7 Å². The molecule has 0 aromatic heterocycles. The fraction of sp³-hybridized carbons (Fsp3) is 0. The Morgan fingerprint density at radius 1 is 0.421 bits per heavy atom. The average molecular weight is 499 g/mol. The zero-order chi connectivity index (χ0) is 26.2. The number of benzene rings is 5. The second kappa shape index (κ2) is 11.6. The number of hydrazine groups is 2. The summed E-state index contributed by atoms with van der Waals surface area (Å²) in [6.07, 6.45) is 0. The quantitative estimate of drug-likeness (QED) is 0.225. The van der Waals surface area contributed by atoms with E-state index in [9.17, 15) is 9.59 Å². The van der Waals surface area contributed by atoms with Crippen molar-refractivity contribution in [2.45, 2.75) is 0 Å². The molecule has 0 spiro atoms. The fourth-order valence-electron chi connectivity index (χ4n) is 3.95. The van der Waals surface area contributed by atoms with Crippen LogP contribution in [0.15, 0.2) is 146 Å². The van der Waals surface area contributed by atoms with E-state index in [1.165, 1.54) is 10.0 Å². The maximum Gasteiger partial charge on any atom is 0.276 e. The van der Waals surface area contributed by atoms with Gasteiger partial charge in [0.2, 0.25) is 0 Å². The number of carbonyl (C=O) groups excluding carboxylic acids is 2. The van der Waals surface area contributed by atoms with Gasteiger partial charge in [-0.2, -0.15) is 0 Å². The molecule has 5 aromatic carbocycles. The minimum atomic E-state index is -0.294. The van der Waals surface area contributed by atoms with Crippen molar-refractivity contribution in [1.29, 1.82) is 0 Å². The number of nitrogens with one attached hydrogen (secondary N) is 2. The van der Waals surface area contributed by atoms with Gasteiger partial charge in [0, 0.05) is 11.1 Å². The van der Waals surface area contributed by atoms with Crippen LogP contribution in [0.25, 0.3) is 0 Å². The van der Waals surface area contributed by atoms with Gasteiger partial charge in [0.15, 0.2) is 0 Å². The van der Waals surface area contributed by atoms with Gasteiger partial charge in [-0.25, -0.2) is 10.0 Å². The lowest BCUT2D eigenvalue weighted by Crippen LogP contribution is -2.38. The summed E-state index contributed by atoms with van der Waals surface area (Å²) >= 11 is 0. The molecule has 0 fully saturated rings. The van der Waals surface area contributed by atoms with Gasteiger partial charge in [-0.15, -0.1) is 0 Å². The predicted octanol–water partition coefficient (Wildman–Crippen LogP) is 7.03. The van der Waals surface area contributed by atoms with Gasteiger partial charge < -0.3 is 0 Å². The lowest BCUT2D eigenvalue weighted by Gasteiger charge is -2.26. The van der Waals surface area contributed by atoms with Crippen LogP contribution in [-0.4, -0.2) is 11.8 Å². The van der Waals surface area contributed by atoms with Crippen molar-refractivity contribution in [3.05, 3.63) is 157 Å². The topological polar surface area (TPSA) is 64.7 Å². The van der Waals surface area contributed by atoms with E-state index in [1.807, 2.05) is 121 Å². The smallest absolute Gasteiger partial charge is 0.276 e. The number of para-hydroxylation sites is 4. The zero-order valence-electron chi connectivity index (χ0n) is 20.6. The van der Waals surface area contributed by atoms with E-state index in [2.05, 4.69) is 10.9 Å². The number of hydrogen-bond acceptors (Lipinski definition) is 4. The highest BCUT2D eigenvalue weighted by molar-refractivity contribution is 6.11. The maximum absolute atomic E-state index is 13.8. The van der Waals surface area contributed by atoms with Gasteiger partial charge in [-0.3, -0.25) is 20.4 Å². The van der Waals surface area contributed by atoms with Crippen LogP contribution in [0.1, 0.15) is 20.7 Å². The number of amides is 2. The molecule has 2 N–H and O–H groups in total. The molecule has 186 valence electrons. The first kappa shape index (κ1) is 24.3. The summed E-state index contributed by atoms with van der Waals surface area (Å²) in [5, 5.41) is 2.96. The lowest BCUT2D eigenvalue weighted by atomic mass is 10.1. The Morgan fingerprint density at radius 3 is 1.13 bits per heavy atom. The Bertz CT molecular complexity index is 1380. The molecule has 5 aromatic rings. The first-order valence-corrected chi connectivity index (χ1v) is 12.2. The normalized spacial score (nSPS) is 10.3. The van der Waals surface area contributed by atoms with Crippen LogP contribution in [0.3, 0.4) is 0 Å². The highest BCUT2D eigenvalue weighted by Crippen LogP contribution is 2.22. The molecule has 0 radical (unpaired) electrons. The third-order valence-corrected chi connectivity index (χ3v) is 5.82. The number of nitrogens with zero attached hydrogens (tertiary/aromatic N) is 2. The van der Waals surface area contributed by atoms with Crippen LogP contribution >= 0.6 is 0 Å². The monoisotopic (exact) mass is 498 g/mol. The Kier molecular flexibility index (Phi) is 7.42. The van der Waals surface area contributed by atoms with Crippen LogP contribution in [-0.2, 0) is 0 Å². The van der Waals surface area contributed by atoms with Crippen molar-refractivity contribution in [2.24, 2.45) is 0 Å². The van der Waals surface area contributed by atoms with E-state index in [0.29, 0.717) is 22.5 Å². The zero-order valence-corrected chi connectivity index (χ0v) is 20.6. The number of carbonyl (C=O) groups is 2. The molecule has 0 bridgehead atoms. The molecule has 38 heavy (non-hydrogen) atoms. The minimum absolute atomic E-state index is 0.294. The third-order valence-electron chi connectivity index (χ3n) is 5.82. The minimum Gasteiger partial charge on any atom is -0.291 e. The number of hydrogen-bond donors (Lipinski definition) is 2. The van der Waals surface area contributed by atoms with Gasteiger partial charge >= 0.3 is 0 Å². The average Bonchev–Trinajstić information content (AvgIpc) is 3.00. The molecular formula is C32H26N4O2. The Balaban J connectivity index is 1.47. The largest absolute Gasteiger partial charge is 0.291 e. The number of anilines is 4. The van der Waals surface area contributed by atoms with E-state index in [4.69, 9.17) is 0 Å². The Labute approximate surface area is 221 Å². The fourth-order valence-corrected chi connectivity index (χ4v) is 3.95. The standard InChI is InChI=1S/C32H26N4O2/c37-31(35(29-20-9-3-10-21-29)33-27-16-5-1-6-17-27)25-14-13-15-26(24-25)32(38)36(30-22-11-4-12-23-30)34-28-18-7-2-8-19-28/h1-24,33-34H. The first-order chi connectivity index (χ1) is 18.7. The maximum atomic E-state index is 13.8. The molecule has 0 aliphatic carbocycles. The van der Waals surface area contributed by atoms with Crippen molar-refractivity contribution in [2.75, 3.05) is 20.9 Å². The Morgan fingerprint density at radius 2 is 0.763 bits per heavy atom. The summed E-state index contributed by atoms with van der Waals surface area (Å²) in [6, 6.07) is 44.4. The first-order valence-electron chi connectivity index (χ1n) is 12.2. The predicted molar refractivity (Wildman–Crippen MR) is 153 cm³/mol. The van der Waals surface area contributed by atoms with Crippen LogP contribution in [0, 0.1) is 0 Å². The van der Waals surface area contributed by atoms with Crippen molar-refractivity contribution >= 4 is 34.6 Å². The molecule has 0 atom stereocenters. The summed E-state index contributed by atoms with van der Waals surface area (Å²) in [5.41, 5.74) is 10.0. The van der Waals surface area contributed by atoms with Crippen LogP contribution in [0.5, 0.6) is 0 Å². The van der Waals surface area contributed by atoms with E-state index in [0.717, 1.165) is 11.4 Å². The summed E-state index contributed by atoms with van der Waals surface area (Å²) in [4.78, 5) is 27.6. The summed E-state index contributed by atoms with van der Waals surface area (Å²) in [7, 11) is 0. The van der Waals surface area contributed by atoms with Crippen LogP contribution in [0.2, 0.25) is 0 Å². The summed E-state index contributed by atoms with van der Waals surface area (Å²) in [5.74, 6) is -0.589. The van der Waals surface area contributed by atoms with Gasteiger partial charge in [0.25, 0.3) is 11.8 Å². The summed E-state index contributed by atoms with van der Waals surface area (Å²) < 4.78 is 0. The molecule has 0 saturated heterocycles. The van der Waals surface area contributed by atoms with Crippen LogP contribution in [0.4, 0.5) is 22.7 Å². The molecule has 0 unspecified atom stereocenters. The molecule has 0 heterocycles. The second-order valence-electron chi connectivity index (χ2n) is 8.49. The molecule has 6 heteroatoms. The van der Waals surface area contributed by atoms with Gasteiger partial charge in [0.05, 0.1) is 22.7 Å². The van der Waals surface area contributed by atoms with Crippen molar-refractivity contribution in [3.63, 3.8) is 0 Å². The van der Waals surface area contributed by atoms with Crippen molar-refractivity contribution in [1.82, 2.24) is 0 Å². The second-order valence-corrected chi connectivity index (χ2v) is 8.49. The molecular weight excluding hydrogens is 472 g/mol. The molecule has 6 nitrogen and oxygen atoms in total. The molecule has 0 aliphatic heterocycles. The van der Waals surface area contributed by atoms with E-state index < -0.39 is 0 Å². The molecule has 0 aliphatic rings. The highest BCUT2D eigenvalue weighted by Gasteiger charge is 2.22. The van der Waals surface area contributed by atoms with Crippen molar-refractivity contribution < 1.29 is 9.59 Å². The van der Waals surface area contributed by atoms with Crippen LogP contribution < -0.4 is 20.9 Å². The highest BCUT2D eigenvalue weighted by atomic mass is 16.2. The Hall–Kier alpha value is -5.36. The molecule has 0 saturated carbocycles. The lowest BCUT2D eigenvalue weighted by molar-refractivity contribution is 0.0992.